The molecule has 0 heterocycles. The summed E-state index contributed by atoms with van der Waals surface area (Å²) in [6.07, 6.45) is 0.870. The van der Waals surface area contributed by atoms with Gasteiger partial charge in [-0.3, -0.25) is 9.59 Å². The first-order valence-electron chi connectivity index (χ1n) is 9.03. The molecule has 0 aliphatic carbocycles. The Labute approximate surface area is 164 Å². The van der Waals surface area contributed by atoms with E-state index in [0.717, 1.165) is 6.42 Å². The molecule has 7 nitrogen and oxygen atoms in total. The number of ether oxygens (including phenoxy) is 2. The summed E-state index contributed by atoms with van der Waals surface area (Å²) in [5.74, 6) is -0.470. The van der Waals surface area contributed by atoms with E-state index in [1.54, 1.807) is 48.5 Å². The summed E-state index contributed by atoms with van der Waals surface area (Å²) in [7, 11) is 1.49. The molecule has 0 spiro atoms. The van der Waals surface area contributed by atoms with Gasteiger partial charge in [0.2, 0.25) is 5.91 Å². The van der Waals surface area contributed by atoms with E-state index in [4.69, 9.17) is 9.47 Å². The first-order chi connectivity index (χ1) is 13.5. The van der Waals surface area contributed by atoms with Crippen LogP contribution in [0.2, 0.25) is 0 Å². The van der Waals surface area contributed by atoms with Gasteiger partial charge in [0.25, 0.3) is 5.91 Å². The summed E-state index contributed by atoms with van der Waals surface area (Å²) >= 11 is 0. The van der Waals surface area contributed by atoms with Crippen LogP contribution in [0.1, 0.15) is 40.5 Å². The third-order valence-electron chi connectivity index (χ3n) is 3.83. The monoisotopic (exact) mass is 384 g/mol. The van der Waals surface area contributed by atoms with Crippen LogP contribution in [0.4, 0.5) is 5.69 Å². The highest BCUT2D eigenvalue weighted by Gasteiger charge is 2.12. The molecule has 2 N–H and O–H groups in total. The Balaban J connectivity index is 1.79. The molecule has 148 valence electrons. The van der Waals surface area contributed by atoms with Gasteiger partial charge in [-0.1, -0.05) is 19.1 Å². The van der Waals surface area contributed by atoms with Gasteiger partial charge in [-0.2, -0.15) is 0 Å². The molecule has 0 atom stereocenters. The van der Waals surface area contributed by atoms with E-state index in [1.165, 1.54) is 7.11 Å². The minimum atomic E-state index is -0.390. The molecular weight excluding hydrogens is 360 g/mol. The Bertz CT molecular complexity index is 818. The summed E-state index contributed by atoms with van der Waals surface area (Å²) < 4.78 is 10.2. The number of carbonyl (C=O) groups excluding carboxylic acids is 3. The number of benzene rings is 2. The fourth-order valence-corrected chi connectivity index (χ4v) is 2.41. The number of nitrogens with one attached hydrogen (secondary N) is 2. The Hall–Kier alpha value is -3.35. The van der Waals surface area contributed by atoms with Gasteiger partial charge in [-0.15, -0.1) is 0 Å². The van der Waals surface area contributed by atoms with Crippen molar-refractivity contribution in [1.82, 2.24) is 5.32 Å². The van der Waals surface area contributed by atoms with Crippen LogP contribution in [0.25, 0.3) is 0 Å². The van der Waals surface area contributed by atoms with Crippen molar-refractivity contribution in [3.05, 3.63) is 59.7 Å². The topological polar surface area (TPSA) is 93.7 Å². The molecule has 0 saturated heterocycles. The van der Waals surface area contributed by atoms with Crippen molar-refractivity contribution in [1.29, 1.82) is 0 Å². The largest absolute Gasteiger partial charge is 0.496 e. The Morgan fingerprint density at radius 1 is 1.00 bits per heavy atom. The molecule has 0 aliphatic heterocycles. The lowest BCUT2D eigenvalue weighted by molar-refractivity contribution is -0.116. The van der Waals surface area contributed by atoms with Crippen LogP contribution in [0.15, 0.2) is 48.5 Å². The maximum Gasteiger partial charge on any atom is 0.338 e. The number of carbonyl (C=O) groups is 3. The Morgan fingerprint density at radius 3 is 2.39 bits per heavy atom. The number of methoxy groups -OCH3 is 1. The number of esters is 1. The number of rotatable bonds is 9. The first kappa shape index (κ1) is 21.0. The fourth-order valence-electron chi connectivity index (χ4n) is 2.41. The van der Waals surface area contributed by atoms with E-state index in [2.05, 4.69) is 10.6 Å². The number of amides is 2. The molecule has 2 rings (SSSR count). The van der Waals surface area contributed by atoms with Gasteiger partial charge in [-0.05, 0) is 42.8 Å². The van der Waals surface area contributed by atoms with Crippen molar-refractivity contribution in [3.8, 4) is 5.75 Å². The third kappa shape index (κ3) is 6.12. The molecule has 0 unspecified atom stereocenters. The zero-order valence-electron chi connectivity index (χ0n) is 16.0. The SMILES string of the molecule is CCCOC(=O)c1ccc(NC(=O)CCNC(=O)c2ccccc2OC)cc1. The van der Waals surface area contributed by atoms with Crippen molar-refractivity contribution in [3.63, 3.8) is 0 Å². The maximum atomic E-state index is 12.2. The molecule has 0 aromatic heterocycles. The van der Waals surface area contributed by atoms with Crippen molar-refractivity contribution in [2.24, 2.45) is 0 Å². The molecule has 28 heavy (non-hydrogen) atoms. The number of para-hydroxylation sites is 1. The van der Waals surface area contributed by atoms with Crippen LogP contribution < -0.4 is 15.4 Å². The van der Waals surface area contributed by atoms with Crippen molar-refractivity contribution in [2.45, 2.75) is 19.8 Å². The standard InChI is InChI=1S/C21H24N2O5/c1-3-14-28-21(26)15-8-10-16(11-9-15)23-19(24)12-13-22-20(25)17-6-4-5-7-18(17)27-2/h4-11H,3,12-14H2,1-2H3,(H,22,25)(H,23,24). The summed E-state index contributed by atoms with van der Waals surface area (Å²) in [4.78, 5) is 36.0. The van der Waals surface area contributed by atoms with Crippen molar-refractivity contribution >= 4 is 23.5 Å². The summed E-state index contributed by atoms with van der Waals surface area (Å²) in [6.45, 7) is 2.48. The van der Waals surface area contributed by atoms with E-state index >= 15 is 0 Å². The van der Waals surface area contributed by atoms with Crippen LogP contribution in [-0.4, -0.2) is 38.0 Å². The van der Waals surface area contributed by atoms with E-state index in [1.807, 2.05) is 6.92 Å². The van der Waals surface area contributed by atoms with E-state index in [9.17, 15) is 14.4 Å². The number of hydrogen-bond acceptors (Lipinski definition) is 5. The zero-order valence-corrected chi connectivity index (χ0v) is 16.0. The molecule has 7 heteroatoms. The minimum Gasteiger partial charge on any atom is -0.496 e. The summed E-state index contributed by atoms with van der Waals surface area (Å²) in [5.41, 5.74) is 1.40. The van der Waals surface area contributed by atoms with Crippen LogP contribution in [0, 0.1) is 0 Å². The fraction of sp³-hybridized carbons (Fsp3) is 0.286. The highest BCUT2D eigenvalue weighted by atomic mass is 16.5. The predicted molar refractivity (Wildman–Crippen MR) is 106 cm³/mol. The molecule has 0 radical (unpaired) electrons. The van der Waals surface area contributed by atoms with Gasteiger partial charge in [0.15, 0.2) is 0 Å². The smallest absolute Gasteiger partial charge is 0.338 e. The van der Waals surface area contributed by atoms with Gasteiger partial charge in [0.1, 0.15) is 5.75 Å². The highest BCUT2D eigenvalue weighted by Crippen LogP contribution is 2.16. The van der Waals surface area contributed by atoms with Crippen molar-refractivity contribution < 1.29 is 23.9 Å². The molecular formula is C21H24N2O5. The average Bonchev–Trinajstić information content (AvgIpc) is 2.72. The molecule has 0 fully saturated rings. The minimum absolute atomic E-state index is 0.112. The van der Waals surface area contributed by atoms with Gasteiger partial charge in [0, 0.05) is 18.7 Å². The molecule has 0 aliphatic rings. The predicted octanol–water partition coefficient (Wildman–Crippen LogP) is 3.02. The molecule has 2 aromatic carbocycles. The second-order valence-corrected chi connectivity index (χ2v) is 5.97. The van der Waals surface area contributed by atoms with Gasteiger partial charge < -0.3 is 20.1 Å². The third-order valence-corrected chi connectivity index (χ3v) is 3.83. The molecule has 2 aromatic rings. The number of anilines is 1. The first-order valence-corrected chi connectivity index (χ1v) is 9.03. The second-order valence-electron chi connectivity index (χ2n) is 5.97. The van der Waals surface area contributed by atoms with Crippen LogP contribution in [0.5, 0.6) is 5.75 Å². The Morgan fingerprint density at radius 2 is 1.71 bits per heavy atom. The lowest BCUT2D eigenvalue weighted by atomic mass is 10.2. The lowest BCUT2D eigenvalue weighted by Crippen LogP contribution is -2.28. The maximum absolute atomic E-state index is 12.2. The van der Waals surface area contributed by atoms with Crippen molar-refractivity contribution in [2.75, 3.05) is 25.6 Å². The normalized spacial score (nSPS) is 10.1. The number of hydrogen-bond donors (Lipinski definition) is 2. The molecule has 0 bridgehead atoms. The van der Waals surface area contributed by atoms with E-state index in [-0.39, 0.29) is 24.8 Å². The molecule has 2 amide bonds. The zero-order chi connectivity index (χ0) is 20.4. The van der Waals surface area contributed by atoms with Crippen LogP contribution >= 0.6 is 0 Å². The lowest BCUT2D eigenvalue weighted by Gasteiger charge is -2.09. The highest BCUT2D eigenvalue weighted by molar-refractivity contribution is 5.97. The second kappa shape index (κ2) is 10.7. The summed E-state index contributed by atoms with van der Waals surface area (Å²) in [6, 6.07) is 13.3. The van der Waals surface area contributed by atoms with Crippen LogP contribution in [-0.2, 0) is 9.53 Å². The van der Waals surface area contributed by atoms with Gasteiger partial charge in [-0.25, -0.2) is 4.79 Å². The quantitative estimate of drug-likeness (QED) is 0.648. The Kier molecular flexibility index (Phi) is 8.02. The van der Waals surface area contributed by atoms with Crippen LogP contribution in [0.3, 0.4) is 0 Å². The average molecular weight is 384 g/mol. The van der Waals surface area contributed by atoms with Gasteiger partial charge in [0.05, 0.1) is 24.8 Å². The van der Waals surface area contributed by atoms with E-state index < -0.39 is 5.97 Å². The van der Waals surface area contributed by atoms with E-state index in [0.29, 0.717) is 29.2 Å². The summed E-state index contributed by atoms with van der Waals surface area (Å²) in [5, 5.41) is 5.41. The molecule has 0 saturated carbocycles. The van der Waals surface area contributed by atoms with Gasteiger partial charge >= 0.3 is 5.97 Å².